The summed E-state index contributed by atoms with van der Waals surface area (Å²) >= 11 is 0. The predicted molar refractivity (Wildman–Crippen MR) is 88.2 cm³/mol. The maximum Gasteiger partial charge on any atom is 0.318 e. The van der Waals surface area contributed by atoms with E-state index in [1.54, 1.807) is 31.4 Å². The highest BCUT2D eigenvalue weighted by Crippen LogP contribution is 2.12. The van der Waals surface area contributed by atoms with Gasteiger partial charge in [0.05, 0.1) is 12.0 Å². The number of methoxy groups -OCH3 is 1. The average molecular weight is 345 g/mol. The fraction of sp³-hybridized carbons (Fsp3) is 0.118. The van der Waals surface area contributed by atoms with Crippen LogP contribution in [-0.2, 0) is 14.8 Å². The first-order valence-electron chi connectivity index (χ1n) is 6.88. The summed E-state index contributed by atoms with van der Waals surface area (Å²) in [6.45, 7) is -0.665. The van der Waals surface area contributed by atoms with Crippen LogP contribution in [0.25, 0.3) is 0 Å². The molecule has 0 saturated heterocycles. The zero-order chi connectivity index (χ0) is 17.6. The van der Waals surface area contributed by atoms with E-state index in [0.717, 1.165) is 11.3 Å². The van der Waals surface area contributed by atoms with E-state index in [-0.39, 0.29) is 4.90 Å². The predicted octanol–water partition coefficient (Wildman–Crippen LogP) is 1.46. The molecule has 0 fully saturated rings. The molecule has 0 radical (unpaired) electrons. The molecular formula is C17H15NO5S. The first kappa shape index (κ1) is 17.5. The number of rotatable bonds is 5. The lowest BCUT2D eigenvalue weighted by molar-refractivity contribution is -0.135. The second-order valence-electron chi connectivity index (χ2n) is 4.72. The molecule has 0 aliphatic rings. The molecular weight excluding hydrogens is 330 g/mol. The summed E-state index contributed by atoms with van der Waals surface area (Å²) in [5, 5.41) is 8.53. The average Bonchev–Trinajstić information content (AvgIpc) is 2.59. The molecule has 0 bridgehead atoms. The van der Waals surface area contributed by atoms with Crippen molar-refractivity contribution >= 4 is 16.0 Å². The van der Waals surface area contributed by atoms with Crippen molar-refractivity contribution in [2.24, 2.45) is 0 Å². The lowest BCUT2D eigenvalue weighted by Crippen LogP contribution is -2.29. The second-order valence-corrected chi connectivity index (χ2v) is 6.49. The zero-order valence-electron chi connectivity index (χ0n) is 12.8. The van der Waals surface area contributed by atoms with Crippen LogP contribution in [0.15, 0.2) is 53.4 Å². The third-order valence-electron chi connectivity index (χ3n) is 3.02. The van der Waals surface area contributed by atoms with Crippen molar-refractivity contribution in [2.75, 3.05) is 13.7 Å². The molecule has 0 saturated carbocycles. The van der Waals surface area contributed by atoms with Crippen molar-refractivity contribution in [2.45, 2.75) is 4.90 Å². The Bertz CT molecular complexity index is 875. The van der Waals surface area contributed by atoms with Crippen LogP contribution < -0.4 is 9.46 Å². The van der Waals surface area contributed by atoms with Gasteiger partial charge in [-0.3, -0.25) is 4.79 Å². The smallest absolute Gasteiger partial charge is 0.318 e. The number of sulfonamides is 1. The van der Waals surface area contributed by atoms with E-state index in [4.69, 9.17) is 9.84 Å². The zero-order valence-corrected chi connectivity index (χ0v) is 13.6. The Balaban J connectivity index is 2.12. The minimum atomic E-state index is -3.84. The first-order chi connectivity index (χ1) is 11.4. The van der Waals surface area contributed by atoms with Gasteiger partial charge in [0.15, 0.2) is 0 Å². The van der Waals surface area contributed by atoms with Gasteiger partial charge in [0, 0.05) is 11.1 Å². The molecule has 2 rings (SSSR count). The second kappa shape index (κ2) is 7.64. The van der Waals surface area contributed by atoms with Gasteiger partial charge in [-0.25, -0.2) is 8.42 Å². The van der Waals surface area contributed by atoms with Gasteiger partial charge in [-0.05, 0) is 48.5 Å². The summed E-state index contributed by atoms with van der Waals surface area (Å²) in [6.07, 6.45) is 0. The molecule has 0 aromatic heterocycles. The largest absolute Gasteiger partial charge is 0.497 e. The van der Waals surface area contributed by atoms with Gasteiger partial charge in [0.25, 0.3) is 0 Å². The van der Waals surface area contributed by atoms with E-state index in [1.165, 1.54) is 12.1 Å². The van der Waals surface area contributed by atoms with Crippen molar-refractivity contribution < 1.29 is 23.1 Å². The van der Waals surface area contributed by atoms with E-state index >= 15 is 0 Å². The highest BCUT2D eigenvalue weighted by atomic mass is 32.2. The van der Waals surface area contributed by atoms with Crippen LogP contribution in [0.1, 0.15) is 11.1 Å². The molecule has 124 valence electrons. The maximum atomic E-state index is 11.9. The van der Waals surface area contributed by atoms with Gasteiger partial charge >= 0.3 is 5.97 Å². The monoisotopic (exact) mass is 345 g/mol. The standard InChI is InChI=1S/C17H15NO5S/c1-23-15-8-4-13(5-9-15)2-3-14-6-10-16(11-7-14)24(21,22)18-12-17(19)20/h4-11,18H,12H2,1H3,(H,19,20). The number of hydrogen-bond acceptors (Lipinski definition) is 4. The van der Waals surface area contributed by atoms with Gasteiger partial charge in [0.1, 0.15) is 12.3 Å². The van der Waals surface area contributed by atoms with E-state index in [0.29, 0.717) is 5.56 Å². The van der Waals surface area contributed by atoms with Gasteiger partial charge in [-0.2, -0.15) is 4.72 Å². The number of carboxylic acids is 1. The minimum absolute atomic E-state index is 0.0150. The van der Waals surface area contributed by atoms with Crippen molar-refractivity contribution in [3.63, 3.8) is 0 Å². The van der Waals surface area contributed by atoms with E-state index in [9.17, 15) is 13.2 Å². The Kier molecular flexibility index (Phi) is 5.58. The normalized spacial score (nSPS) is 10.5. The molecule has 6 nitrogen and oxygen atoms in total. The summed E-state index contributed by atoms with van der Waals surface area (Å²) in [5.74, 6) is 5.38. The number of aliphatic carboxylic acids is 1. The number of carboxylic acid groups (broad SMARTS) is 1. The number of benzene rings is 2. The number of carbonyl (C=O) groups is 1. The molecule has 0 unspecified atom stereocenters. The lowest BCUT2D eigenvalue weighted by atomic mass is 10.2. The number of hydrogen-bond donors (Lipinski definition) is 2. The molecule has 0 aliphatic carbocycles. The molecule has 0 aliphatic heterocycles. The molecule has 2 N–H and O–H groups in total. The summed E-state index contributed by atoms with van der Waals surface area (Å²) in [7, 11) is -2.25. The van der Waals surface area contributed by atoms with Crippen LogP contribution >= 0.6 is 0 Å². The van der Waals surface area contributed by atoms with Gasteiger partial charge in [-0.15, -0.1) is 0 Å². The van der Waals surface area contributed by atoms with Crippen molar-refractivity contribution in [1.29, 1.82) is 0 Å². The molecule has 0 amide bonds. The van der Waals surface area contributed by atoms with Crippen LogP contribution in [0.3, 0.4) is 0 Å². The highest BCUT2D eigenvalue weighted by molar-refractivity contribution is 7.89. The summed E-state index contributed by atoms with van der Waals surface area (Å²) in [5.41, 5.74) is 1.44. The third kappa shape index (κ3) is 4.84. The Morgan fingerprint density at radius 3 is 2.00 bits per heavy atom. The van der Waals surface area contributed by atoms with Crippen molar-refractivity contribution in [1.82, 2.24) is 4.72 Å². The first-order valence-corrected chi connectivity index (χ1v) is 8.36. The fourth-order valence-electron chi connectivity index (χ4n) is 1.78. The number of ether oxygens (including phenoxy) is 1. The van der Waals surface area contributed by atoms with Crippen LogP contribution in [0, 0.1) is 11.8 Å². The van der Waals surface area contributed by atoms with Crippen molar-refractivity contribution in [3.05, 3.63) is 59.7 Å². The van der Waals surface area contributed by atoms with Crippen LogP contribution in [0.2, 0.25) is 0 Å². The summed E-state index contributed by atoms with van der Waals surface area (Å²) in [6, 6.07) is 13.1. The summed E-state index contributed by atoms with van der Waals surface area (Å²) < 4.78 is 30.8. The van der Waals surface area contributed by atoms with E-state index in [1.807, 2.05) is 16.9 Å². The topological polar surface area (TPSA) is 92.7 Å². The molecule has 2 aromatic carbocycles. The van der Waals surface area contributed by atoms with Crippen LogP contribution in [-0.4, -0.2) is 33.1 Å². The maximum absolute atomic E-state index is 11.9. The Hall–Kier alpha value is -2.82. The van der Waals surface area contributed by atoms with Crippen LogP contribution in [0.4, 0.5) is 0 Å². The molecule has 0 heterocycles. The summed E-state index contributed by atoms with van der Waals surface area (Å²) in [4.78, 5) is 10.4. The Morgan fingerprint density at radius 2 is 1.54 bits per heavy atom. The molecule has 0 spiro atoms. The molecule has 7 heteroatoms. The van der Waals surface area contributed by atoms with Crippen molar-refractivity contribution in [3.8, 4) is 17.6 Å². The van der Waals surface area contributed by atoms with Gasteiger partial charge in [-0.1, -0.05) is 11.8 Å². The van der Waals surface area contributed by atoms with Gasteiger partial charge < -0.3 is 9.84 Å². The quantitative estimate of drug-likeness (QED) is 0.801. The minimum Gasteiger partial charge on any atom is -0.497 e. The van der Waals surface area contributed by atoms with Crippen LogP contribution in [0.5, 0.6) is 5.75 Å². The third-order valence-corrected chi connectivity index (χ3v) is 4.44. The Labute approximate surface area is 140 Å². The van der Waals surface area contributed by atoms with E-state index < -0.39 is 22.5 Å². The van der Waals surface area contributed by atoms with Gasteiger partial charge in [0.2, 0.25) is 10.0 Å². The van der Waals surface area contributed by atoms with E-state index in [2.05, 4.69) is 11.8 Å². The number of nitrogens with one attached hydrogen (secondary N) is 1. The molecule has 24 heavy (non-hydrogen) atoms. The molecule has 2 aromatic rings. The molecule has 0 atom stereocenters. The SMILES string of the molecule is COc1ccc(C#Cc2ccc(S(=O)(=O)NCC(=O)O)cc2)cc1. The Morgan fingerprint density at radius 1 is 1.04 bits per heavy atom. The highest BCUT2D eigenvalue weighted by Gasteiger charge is 2.14. The fourth-order valence-corrected chi connectivity index (χ4v) is 2.75. The lowest BCUT2D eigenvalue weighted by Gasteiger charge is -2.04.